The molecule has 24 heavy (non-hydrogen) atoms. The van der Waals surface area contributed by atoms with Gasteiger partial charge in [0.1, 0.15) is 0 Å². The fourth-order valence-electron chi connectivity index (χ4n) is 2.63. The lowest BCUT2D eigenvalue weighted by molar-refractivity contribution is -0.134. The lowest BCUT2D eigenvalue weighted by Gasteiger charge is -2.06. The summed E-state index contributed by atoms with van der Waals surface area (Å²) in [6, 6.07) is 13.8. The van der Waals surface area contributed by atoms with Crippen LogP contribution in [0.5, 0.6) is 0 Å². The van der Waals surface area contributed by atoms with Crippen LogP contribution in [0.2, 0.25) is 0 Å². The molecule has 0 radical (unpaired) electrons. The number of benzene rings is 2. The van der Waals surface area contributed by atoms with Crippen molar-refractivity contribution < 1.29 is 9.59 Å². The smallest absolute Gasteiger partial charge is 0.313 e. The standard InChI is InChI=1S/C17H12N4O2S/c18-16(22)17(23)20-11-5-10-8-19-21-15(10)12(7-11)14-6-9-3-1-2-4-13(9)24-14/h1-8H,(H2,18,22)(H,19,21)(H,20,23). The molecule has 0 spiro atoms. The van der Waals surface area contributed by atoms with Crippen LogP contribution in [-0.2, 0) is 9.59 Å². The Labute approximate surface area is 140 Å². The van der Waals surface area contributed by atoms with Gasteiger partial charge in [-0.15, -0.1) is 11.3 Å². The first-order valence-electron chi connectivity index (χ1n) is 7.19. The van der Waals surface area contributed by atoms with Crippen LogP contribution in [0.25, 0.3) is 31.4 Å². The molecule has 0 saturated heterocycles. The molecule has 2 aromatic carbocycles. The quantitative estimate of drug-likeness (QED) is 0.491. The van der Waals surface area contributed by atoms with E-state index in [0.717, 1.165) is 26.7 Å². The van der Waals surface area contributed by atoms with Crippen LogP contribution in [0.15, 0.2) is 48.7 Å². The minimum atomic E-state index is -1.02. The normalized spacial score (nSPS) is 11.0. The molecule has 0 fully saturated rings. The highest BCUT2D eigenvalue weighted by atomic mass is 32.1. The molecule has 6 nitrogen and oxygen atoms in total. The van der Waals surface area contributed by atoms with Gasteiger partial charge >= 0.3 is 11.8 Å². The van der Waals surface area contributed by atoms with Gasteiger partial charge in [0.2, 0.25) is 0 Å². The molecular weight excluding hydrogens is 324 g/mol. The predicted octanol–water partition coefficient (Wildman–Crippen LogP) is 2.87. The van der Waals surface area contributed by atoms with Crippen molar-refractivity contribution in [3.8, 4) is 10.4 Å². The Morgan fingerprint density at radius 3 is 2.75 bits per heavy atom. The van der Waals surface area contributed by atoms with Gasteiger partial charge in [-0.1, -0.05) is 18.2 Å². The van der Waals surface area contributed by atoms with E-state index in [2.05, 4.69) is 33.7 Å². The Balaban J connectivity index is 1.88. The monoisotopic (exact) mass is 336 g/mol. The van der Waals surface area contributed by atoms with Gasteiger partial charge in [-0.05, 0) is 29.7 Å². The Bertz CT molecular complexity index is 1060. The van der Waals surface area contributed by atoms with E-state index in [-0.39, 0.29) is 0 Å². The number of aromatic nitrogens is 2. The third kappa shape index (κ3) is 2.40. The van der Waals surface area contributed by atoms with E-state index in [1.54, 1.807) is 23.6 Å². The molecule has 2 aromatic heterocycles. The van der Waals surface area contributed by atoms with Crippen LogP contribution >= 0.6 is 11.3 Å². The molecule has 0 unspecified atom stereocenters. The number of anilines is 1. The van der Waals surface area contributed by atoms with Crippen LogP contribution in [0.1, 0.15) is 0 Å². The van der Waals surface area contributed by atoms with Crippen molar-refractivity contribution in [3.63, 3.8) is 0 Å². The van der Waals surface area contributed by atoms with Crippen molar-refractivity contribution >= 4 is 49.8 Å². The number of thiophene rings is 1. The average Bonchev–Trinajstić information content (AvgIpc) is 3.20. The van der Waals surface area contributed by atoms with Gasteiger partial charge in [0.15, 0.2) is 0 Å². The maximum atomic E-state index is 11.6. The molecule has 0 aliphatic heterocycles. The number of carbonyl (C=O) groups is 2. The highest BCUT2D eigenvalue weighted by molar-refractivity contribution is 7.22. The molecule has 2 heterocycles. The first-order chi connectivity index (χ1) is 11.6. The van der Waals surface area contributed by atoms with Gasteiger partial charge < -0.3 is 11.1 Å². The van der Waals surface area contributed by atoms with Gasteiger partial charge in [0.25, 0.3) is 0 Å². The number of nitrogens with two attached hydrogens (primary N) is 1. The van der Waals surface area contributed by atoms with Crippen LogP contribution < -0.4 is 11.1 Å². The third-order valence-corrected chi connectivity index (χ3v) is 4.87. The number of nitrogens with zero attached hydrogens (tertiary/aromatic N) is 1. The lowest BCUT2D eigenvalue weighted by atomic mass is 10.1. The van der Waals surface area contributed by atoms with Crippen LogP contribution in [-0.4, -0.2) is 22.0 Å². The molecule has 0 aliphatic carbocycles. The number of H-pyrrole nitrogens is 1. The number of hydrogen-bond donors (Lipinski definition) is 3. The zero-order valence-corrected chi connectivity index (χ0v) is 13.2. The summed E-state index contributed by atoms with van der Waals surface area (Å²) < 4.78 is 1.17. The molecule has 2 amide bonds. The topological polar surface area (TPSA) is 101 Å². The van der Waals surface area contributed by atoms with Crippen molar-refractivity contribution in [2.75, 3.05) is 5.32 Å². The molecule has 118 valence electrons. The third-order valence-electron chi connectivity index (χ3n) is 3.72. The van der Waals surface area contributed by atoms with Crippen molar-refractivity contribution in [1.29, 1.82) is 0 Å². The van der Waals surface area contributed by atoms with Crippen LogP contribution in [0.4, 0.5) is 5.69 Å². The number of rotatable bonds is 2. The summed E-state index contributed by atoms with van der Waals surface area (Å²) in [5, 5.41) is 11.6. The van der Waals surface area contributed by atoms with Gasteiger partial charge in [-0.2, -0.15) is 5.10 Å². The summed E-state index contributed by atoms with van der Waals surface area (Å²) in [4.78, 5) is 23.6. The van der Waals surface area contributed by atoms with Gasteiger partial charge in [-0.25, -0.2) is 0 Å². The Morgan fingerprint density at radius 1 is 1.12 bits per heavy atom. The number of primary amides is 1. The first kappa shape index (κ1) is 14.4. The van der Waals surface area contributed by atoms with E-state index in [9.17, 15) is 9.59 Å². The van der Waals surface area contributed by atoms with Crippen molar-refractivity contribution in [1.82, 2.24) is 10.2 Å². The SMILES string of the molecule is NC(=O)C(=O)Nc1cc(-c2cc3ccccc3s2)c2[nH]ncc2c1. The van der Waals surface area contributed by atoms with E-state index in [4.69, 9.17) is 5.73 Å². The van der Waals surface area contributed by atoms with E-state index in [1.165, 1.54) is 4.70 Å². The number of aromatic amines is 1. The van der Waals surface area contributed by atoms with Crippen LogP contribution in [0, 0.1) is 0 Å². The summed E-state index contributed by atoms with van der Waals surface area (Å²) >= 11 is 1.65. The van der Waals surface area contributed by atoms with Crippen LogP contribution in [0.3, 0.4) is 0 Å². The lowest BCUT2D eigenvalue weighted by Crippen LogP contribution is -2.29. The molecule has 0 saturated carbocycles. The average molecular weight is 336 g/mol. The maximum absolute atomic E-state index is 11.6. The minimum Gasteiger partial charge on any atom is -0.361 e. The van der Waals surface area contributed by atoms with Crippen molar-refractivity contribution in [3.05, 3.63) is 48.7 Å². The number of carbonyl (C=O) groups excluding carboxylic acids is 2. The first-order valence-corrected chi connectivity index (χ1v) is 8.00. The molecule has 0 bridgehead atoms. The molecule has 4 aromatic rings. The number of amides is 2. The molecule has 0 aliphatic rings. The zero-order chi connectivity index (χ0) is 16.7. The molecule has 4 rings (SSSR count). The van der Waals surface area contributed by atoms with E-state index < -0.39 is 11.8 Å². The number of hydrogen-bond acceptors (Lipinski definition) is 4. The van der Waals surface area contributed by atoms with E-state index in [0.29, 0.717) is 5.69 Å². The molecule has 4 N–H and O–H groups in total. The minimum absolute atomic E-state index is 0.500. The van der Waals surface area contributed by atoms with Gasteiger partial charge in [0, 0.05) is 26.2 Å². The van der Waals surface area contributed by atoms with Gasteiger partial charge in [-0.3, -0.25) is 14.7 Å². The largest absolute Gasteiger partial charge is 0.361 e. The number of fused-ring (bicyclic) bond motifs is 2. The second-order valence-electron chi connectivity index (χ2n) is 5.32. The fourth-order valence-corrected chi connectivity index (χ4v) is 3.72. The Kier molecular flexibility index (Phi) is 3.28. The summed E-state index contributed by atoms with van der Waals surface area (Å²) in [7, 11) is 0. The second-order valence-corrected chi connectivity index (χ2v) is 6.41. The number of nitrogens with one attached hydrogen (secondary N) is 2. The predicted molar refractivity (Wildman–Crippen MR) is 94.7 cm³/mol. The Hall–Kier alpha value is -3.19. The highest BCUT2D eigenvalue weighted by Crippen LogP contribution is 2.38. The fraction of sp³-hybridized carbons (Fsp3) is 0. The van der Waals surface area contributed by atoms with Crippen molar-refractivity contribution in [2.24, 2.45) is 5.73 Å². The maximum Gasteiger partial charge on any atom is 0.313 e. The van der Waals surface area contributed by atoms with Crippen molar-refractivity contribution in [2.45, 2.75) is 0 Å². The van der Waals surface area contributed by atoms with E-state index >= 15 is 0 Å². The molecule has 7 heteroatoms. The summed E-state index contributed by atoms with van der Waals surface area (Å²) in [5.74, 6) is -1.87. The summed E-state index contributed by atoms with van der Waals surface area (Å²) in [6.45, 7) is 0. The Morgan fingerprint density at radius 2 is 1.96 bits per heavy atom. The molecular formula is C17H12N4O2S. The highest BCUT2D eigenvalue weighted by Gasteiger charge is 2.14. The molecule has 0 atom stereocenters. The van der Waals surface area contributed by atoms with Gasteiger partial charge in [0.05, 0.1) is 11.7 Å². The second kappa shape index (κ2) is 5.47. The summed E-state index contributed by atoms with van der Waals surface area (Å²) in [5.41, 5.74) is 7.29. The zero-order valence-electron chi connectivity index (χ0n) is 12.4. The van der Waals surface area contributed by atoms with E-state index in [1.807, 2.05) is 18.2 Å². The summed E-state index contributed by atoms with van der Waals surface area (Å²) in [6.07, 6.45) is 1.67.